The number of sulfone groups is 1. The molecule has 34 heavy (non-hydrogen) atoms. The lowest BCUT2D eigenvalue weighted by Gasteiger charge is -2.56. The Kier molecular flexibility index (Phi) is 5.39. The maximum Gasteiger partial charge on any atom is 0.370 e. The zero-order chi connectivity index (χ0) is 25.0. The van der Waals surface area contributed by atoms with Crippen LogP contribution in [0.2, 0.25) is 0 Å². The standard InChI is InChI=1S/C15H14N6O11S2/c16-14-18-9(20-33-14)7(19-31-2-5(22)23)10(25)17-8-11(26)21-12(8)34(29,30)3-4-1-6(24)32-15(4,21)13(27)28/h4,8,12H,1-3H2,(H,17,25)(H,22,23)(H,27,28)(H2,16,18,20)/b19-7-/t4-,8+,12+,15+/m0/s1. The number of hydrogen-bond donors (Lipinski definition) is 4. The van der Waals surface area contributed by atoms with Crippen molar-refractivity contribution in [2.75, 3.05) is 18.1 Å². The van der Waals surface area contributed by atoms with Crippen LogP contribution in [0.3, 0.4) is 0 Å². The lowest BCUT2D eigenvalue weighted by molar-refractivity contribution is -0.216. The van der Waals surface area contributed by atoms with Crippen LogP contribution in [-0.2, 0) is 43.4 Å². The van der Waals surface area contributed by atoms with Gasteiger partial charge in [-0.05, 0) is 0 Å². The number of carbonyl (C=O) groups excluding carboxylic acids is 3. The van der Waals surface area contributed by atoms with Gasteiger partial charge in [-0.25, -0.2) is 18.0 Å². The van der Waals surface area contributed by atoms with Gasteiger partial charge in [0.05, 0.1) is 18.1 Å². The van der Waals surface area contributed by atoms with Crippen molar-refractivity contribution in [1.29, 1.82) is 0 Å². The summed E-state index contributed by atoms with van der Waals surface area (Å²) in [5.74, 6) is -9.01. The highest BCUT2D eigenvalue weighted by Gasteiger charge is 2.75. The van der Waals surface area contributed by atoms with Crippen molar-refractivity contribution in [2.24, 2.45) is 11.1 Å². The average Bonchev–Trinajstić information content (AvgIpc) is 3.29. The first-order valence-electron chi connectivity index (χ1n) is 9.20. The molecule has 0 radical (unpaired) electrons. The molecule has 4 heterocycles. The highest BCUT2D eigenvalue weighted by atomic mass is 32.2. The number of esters is 1. The molecule has 2 amide bonds. The summed E-state index contributed by atoms with van der Waals surface area (Å²) < 4.78 is 34.3. The number of carboxylic acids is 2. The first-order valence-corrected chi connectivity index (χ1v) is 11.7. The number of carboxylic acid groups (broad SMARTS) is 2. The van der Waals surface area contributed by atoms with E-state index < -0.39 is 92.9 Å². The first kappa shape index (κ1) is 23.3. The number of ether oxygens (including phenoxy) is 1. The van der Waals surface area contributed by atoms with Crippen molar-refractivity contribution in [1.82, 2.24) is 19.6 Å². The molecule has 3 saturated heterocycles. The van der Waals surface area contributed by atoms with Gasteiger partial charge in [-0.1, -0.05) is 5.16 Å². The highest BCUT2D eigenvalue weighted by Crippen LogP contribution is 2.48. The van der Waals surface area contributed by atoms with E-state index in [4.69, 9.17) is 15.6 Å². The van der Waals surface area contributed by atoms with Crippen LogP contribution in [0.5, 0.6) is 0 Å². The number of nitrogens with zero attached hydrogens (tertiary/aromatic N) is 4. The molecule has 3 aliphatic rings. The minimum atomic E-state index is -4.22. The molecule has 0 saturated carbocycles. The number of nitrogen functional groups attached to an aromatic ring is 1. The molecule has 1 aromatic heterocycles. The molecule has 4 rings (SSSR count). The van der Waals surface area contributed by atoms with Crippen LogP contribution < -0.4 is 11.1 Å². The van der Waals surface area contributed by atoms with Gasteiger partial charge in [-0.3, -0.25) is 19.3 Å². The van der Waals surface area contributed by atoms with Gasteiger partial charge in [0.1, 0.15) is 6.04 Å². The second-order valence-corrected chi connectivity index (χ2v) is 10.2. The molecule has 0 aliphatic carbocycles. The molecule has 0 unspecified atom stereocenters. The number of β-lactam (4-membered cyclic amide) rings is 1. The third kappa shape index (κ3) is 3.48. The summed E-state index contributed by atoms with van der Waals surface area (Å²) >= 11 is 0.659. The summed E-state index contributed by atoms with van der Waals surface area (Å²) in [6, 6.07) is -1.77. The Morgan fingerprint density at radius 2 is 2.06 bits per heavy atom. The molecule has 5 N–H and O–H groups in total. The van der Waals surface area contributed by atoms with Gasteiger partial charge in [-0.2, -0.15) is 9.36 Å². The van der Waals surface area contributed by atoms with Crippen LogP contribution in [0.1, 0.15) is 12.2 Å². The molecule has 3 aliphatic heterocycles. The van der Waals surface area contributed by atoms with Crippen molar-refractivity contribution >= 4 is 61.9 Å². The van der Waals surface area contributed by atoms with Gasteiger partial charge in [0, 0.05) is 11.5 Å². The number of anilines is 1. The molecule has 1 aromatic rings. The third-order valence-electron chi connectivity index (χ3n) is 5.24. The lowest BCUT2D eigenvalue weighted by atomic mass is 9.89. The molecular weight excluding hydrogens is 504 g/mol. The Morgan fingerprint density at radius 3 is 2.65 bits per heavy atom. The zero-order valence-corrected chi connectivity index (χ0v) is 18.2. The smallest absolute Gasteiger partial charge is 0.370 e. The van der Waals surface area contributed by atoms with Crippen LogP contribution in [0.4, 0.5) is 5.13 Å². The topological polar surface area (TPSA) is 258 Å². The molecule has 0 aromatic carbocycles. The van der Waals surface area contributed by atoms with E-state index in [1.165, 1.54) is 0 Å². The van der Waals surface area contributed by atoms with Gasteiger partial charge in [0.25, 0.3) is 17.5 Å². The highest BCUT2D eigenvalue weighted by molar-refractivity contribution is 7.92. The van der Waals surface area contributed by atoms with E-state index in [1.54, 1.807) is 0 Å². The van der Waals surface area contributed by atoms with Crippen LogP contribution >= 0.6 is 11.5 Å². The van der Waals surface area contributed by atoms with Crippen molar-refractivity contribution in [3.05, 3.63) is 5.82 Å². The number of hydrogen-bond acceptors (Lipinski definition) is 14. The Balaban J connectivity index is 1.63. The fourth-order valence-electron chi connectivity index (χ4n) is 3.95. The van der Waals surface area contributed by atoms with E-state index in [1.807, 2.05) is 0 Å². The molecule has 0 spiro atoms. The number of nitrogens with one attached hydrogen (secondary N) is 1. The third-order valence-corrected chi connectivity index (χ3v) is 7.87. The summed E-state index contributed by atoms with van der Waals surface area (Å²) in [5.41, 5.74) is 2.23. The van der Waals surface area contributed by atoms with Gasteiger partial charge < -0.3 is 30.8 Å². The van der Waals surface area contributed by atoms with Crippen molar-refractivity contribution < 1.29 is 52.2 Å². The molecule has 182 valence electrons. The van der Waals surface area contributed by atoms with E-state index in [0.29, 0.717) is 16.4 Å². The molecule has 4 atom stereocenters. The van der Waals surface area contributed by atoms with Crippen LogP contribution in [0.25, 0.3) is 0 Å². The number of aliphatic carboxylic acids is 2. The zero-order valence-electron chi connectivity index (χ0n) is 16.6. The Hall–Kier alpha value is -3.87. The predicted octanol–water partition coefficient (Wildman–Crippen LogP) is -3.65. The number of carbonyl (C=O) groups is 5. The van der Waals surface area contributed by atoms with Crippen molar-refractivity contribution in [3.63, 3.8) is 0 Å². The quantitative estimate of drug-likeness (QED) is 0.117. The Morgan fingerprint density at radius 1 is 1.35 bits per heavy atom. The average molecular weight is 518 g/mol. The maximum atomic E-state index is 12.8. The molecule has 0 bridgehead atoms. The van der Waals surface area contributed by atoms with E-state index in [-0.39, 0.29) is 5.13 Å². The number of fused-ring (bicyclic) bond motifs is 3. The predicted molar refractivity (Wildman–Crippen MR) is 105 cm³/mol. The number of nitrogens with two attached hydrogens (primary N) is 1. The lowest BCUT2D eigenvalue weighted by Crippen LogP contribution is -2.84. The van der Waals surface area contributed by atoms with Gasteiger partial charge >= 0.3 is 17.9 Å². The monoisotopic (exact) mass is 518 g/mol. The number of amides is 2. The second kappa shape index (κ2) is 7.87. The van der Waals surface area contributed by atoms with E-state index in [0.717, 1.165) is 0 Å². The van der Waals surface area contributed by atoms with Crippen molar-refractivity contribution in [2.45, 2.75) is 23.6 Å². The van der Waals surface area contributed by atoms with Crippen molar-refractivity contribution in [3.8, 4) is 0 Å². The number of aromatic nitrogens is 2. The van der Waals surface area contributed by atoms with E-state index in [9.17, 15) is 37.5 Å². The van der Waals surface area contributed by atoms with Gasteiger partial charge in [0.2, 0.25) is 18.1 Å². The van der Waals surface area contributed by atoms with E-state index in [2.05, 4.69) is 24.7 Å². The van der Waals surface area contributed by atoms with Gasteiger partial charge in [0.15, 0.2) is 20.3 Å². The Bertz CT molecular complexity index is 1260. The minimum Gasteiger partial charge on any atom is -0.479 e. The summed E-state index contributed by atoms with van der Waals surface area (Å²) in [5, 5.41) is 21.9. The minimum absolute atomic E-state index is 0.0908. The summed E-state index contributed by atoms with van der Waals surface area (Å²) in [4.78, 5) is 68.7. The van der Waals surface area contributed by atoms with Crippen LogP contribution in [0.15, 0.2) is 5.16 Å². The Labute approximate surface area is 192 Å². The first-order chi connectivity index (χ1) is 15.9. The fraction of sp³-hybridized carbons (Fsp3) is 0.467. The summed E-state index contributed by atoms with van der Waals surface area (Å²) in [6.45, 7) is -0.947. The summed E-state index contributed by atoms with van der Waals surface area (Å²) in [7, 11) is -4.22. The van der Waals surface area contributed by atoms with Gasteiger partial charge in [-0.15, -0.1) is 0 Å². The largest absolute Gasteiger partial charge is 0.479 e. The number of oxime groups is 1. The number of rotatable bonds is 7. The van der Waals surface area contributed by atoms with Crippen LogP contribution in [0, 0.1) is 5.92 Å². The van der Waals surface area contributed by atoms with Crippen LogP contribution in [-0.4, -0.2) is 97.8 Å². The maximum absolute atomic E-state index is 12.8. The normalized spacial score (nSPS) is 29.4. The molecule has 3 fully saturated rings. The molecular formula is C15H14N6O11S2. The molecule has 19 heteroatoms. The second-order valence-electron chi connectivity index (χ2n) is 7.32. The molecule has 17 nitrogen and oxygen atoms in total. The summed E-state index contributed by atoms with van der Waals surface area (Å²) in [6.07, 6.45) is -0.520. The fourth-order valence-corrected chi connectivity index (χ4v) is 6.67. The van der Waals surface area contributed by atoms with E-state index >= 15 is 0 Å². The SMILES string of the molecule is Nc1nc(/C(=N/OCC(=O)O)C(=O)N[C@@H]2C(=O)N3[C@@H]2S(=O)(=O)C[C@@H]2CC(=O)O[C@@]23C(=O)O)ns1.